The molecule has 0 aliphatic rings. The Morgan fingerprint density at radius 3 is 2.75 bits per heavy atom. The van der Waals surface area contributed by atoms with Crippen LogP contribution in [0.3, 0.4) is 0 Å². The minimum atomic E-state index is 0.595. The molecule has 0 fully saturated rings. The van der Waals surface area contributed by atoms with E-state index >= 15 is 0 Å². The molecule has 0 spiro atoms. The Hall–Kier alpha value is -1.22. The third-order valence-electron chi connectivity index (χ3n) is 2.33. The van der Waals surface area contributed by atoms with Crippen LogP contribution in [-0.4, -0.2) is 26.8 Å². The highest BCUT2D eigenvalue weighted by Gasteiger charge is 2.01. The van der Waals surface area contributed by atoms with E-state index < -0.39 is 0 Å². The maximum atomic E-state index is 5.73. The van der Waals surface area contributed by atoms with Gasteiger partial charge in [-0.3, -0.25) is 0 Å². The lowest BCUT2D eigenvalue weighted by Gasteiger charge is -2.19. The first-order valence-corrected chi connectivity index (χ1v) is 5.74. The molecular formula is C13H22N2O. The fraction of sp³-hybridized carbons (Fsp3) is 0.538. The van der Waals surface area contributed by atoms with Crippen molar-refractivity contribution >= 4 is 11.4 Å². The van der Waals surface area contributed by atoms with Gasteiger partial charge in [0, 0.05) is 31.6 Å². The van der Waals surface area contributed by atoms with E-state index in [0.29, 0.717) is 5.92 Å². The number of nitrogens with zero attached hydrogens (tertiary/aromatic N) is 1. The Bertz CT molecular complexity index is 313. The molecule has 0 atom stereocenters. The molecule has 0 bridgehead atoms. The predicted molar refractivity (Wildman–Crippen MR) is 69.8 cm³/mol. The summed E-state index contributed by atoms with van der Waals surface area (Å²) in [5, 5.41) is 0. The molecule has 0 aliphatic carbocycles. The van der Waals surface area contributed by atoms with Crippen LogP contribution < -0.4 is 10.6 Å². The summed E-state index contributed by atoms with van der Waals surface area (Å²) < 4.78 is 5.54. The summed E-state index contributed by atoms with van der Waals surface area (Å²) in [6.45, 7) is 6.77. The molecule has 0 saturated heterocycles. The lowest BCUT2D eigenvalue weighted by Crippen LogP contribution is -2.23. The Morgan fingerprint density at radius 1 is 1.38 bits per heavy atom. The number of hydrogen-bond acceptors (Lipinski definition) is 3. The van der Waals surface area contributed by atoms with E-state index in [2.05, 4.69) is 24.8 Å². The molecule has 90 valence electrons. The third-order valence-corrected chi connectivity index (χ3v) is 2.33. The van der Waals surface area contributed by atoms with E-state index in [4.69, 9.17) is 10.5 Å². The summed E-state index contributed by atoms with van der Waals surface area (Å²) in [5.41, 5.74) is 7.66. The molecule has 2 N–H and O–H groups in total. The van der Waals surface area contributed by atoms with E-state index in [1.54, 1.807) is 0 Å². The minimum Gasteiger partial charge on any atom is -0.399 e. The Labute approximate surface area is 98.2 Å². The van der Waals surface area contributed by atoms with Gasteiger partial charge in [-0.15, -0.1) is 0 Å². The molecular weight excluding hydrogens is 200 g/mol. The van der Waals surface area contributed by atoms with Crippen molar-refractivity contribution in [2.75, 3.05) is 37.4 Å². The number of ether oxygens (including phenoxy) is 1. The highest BCUT2D eigenvalue weighted by atomic mass is 16.5. The van der Waals surface area contributed by atoms with Crippen molar-refractivity contribution in [1.29, 1.82) is 0 Å². The average Bonchev–Trinajstić information content (AvgIpc) is 2.24. The van der Waals surface area contributed by atoms with Crippen molar-refractivity contribution in [1.82, 2.24) is 0 Å². The zero-order chi connectivity index (χ0) is 12.0. The van der Waals surface area contributed by atoms with Crippen molar-refractivity contribution in [3.8, 4) is 0 Å². The fourth-order valence-electron chi connectivity index (χ4n) is 1.41. The summed E-state index contributed by atoms with van der Waals surface area (Å²) in [6.07, 6.45) is 0. The van der Waals surface area contributed by atoms with E-state index in [1.807, 2.05) is 25.2 Å². The molecule has 0 amide bonds. The monoisotopic (exact) mass is 222 g/mol. The van der Waals surface area contributed by atoms with Crippen molar-refractivity contribution in [2.24, 2.45) is 5.92 Å². The molecule has 0 saturated carbocycles. The van der Waals surface area contributed by atoms with E-state index in [-0.39, 0.29) is 0 Å². The smallest absolute Gasteiger partial charge is 0.0641 e. The number of likely N-dealkylation sites (N-methyl/N-ethyl adjacent to an activating group) is 1. The van der Waals surface area contributed by atoms with Gasteiger partial charge in [0.1, 0.15) is 0 Å². The van der Waals surface area contributed by atoms with Crippen molar-refractivity contribution in [3.63, 3.8) is 0 Å². The standard InChI is InChI=1S/C13H22N2O/c1-11(2)10-16-8-7-15(3)13-6-4-5-12(14)9-13/h4-6,9,11H,7-8,10,14H2,1-3H3. The van der Waals surface area contributed by atoms with Gasteiger partial charge in [-0.25, -0.2) is 0 Å². The van der Waals surface area contributed by atoms with Crippen LogP contribution in [0.25, 0.3) is 0 Å². The lowest BCUT2D eigenvalue weighted by atomic mass is 10.2. The number of anilines is 2. The van der Waals surface area contributed by atoms with Crippen molar-refractivity contribution in [3.05, 3.63) is 24.3 Å². The van der Waals surface area contributed by atoms with E-state index in [1.165, 1.54) is 0 Å². The number of nitrogen functional groups attached to an aromatic ring is 1. The highest BCUT2D eigenvalue weighted by molar-refractivity contribution is 5.55. The van der Waals surface area contributed by atoms with Gasteiger partial charge < -0.3 is 15.4 Å². The molecule has 0 aliphatic heterocycles. The van der Waals surface area contributed by atoms with Crippen LogP contribution in [0, 0.1) is 5.92 Å². The molecule has 0 heterocycles. The fourth-order valence-corrected chi connectivity index (χ4v) is 1.41. The summed E-state index contributed by atoms with van der Waals surface area (Å²) in [5.74, 6) is 0.595. The average molecular weight is 222 g/mol. The second-order valence-electron chi connectivity index (χ2n) is 4.49. The van der Waals surface area contributed by atoms with Gasteiger partial charge in [-0.2, -0.15) is 0 Å². The quantitative estimate of drug-likeness (QED) is 0.593. The zero-order valence-corrected chi connectivity index (χ0v) is 10.4. The van der Waals surface area contributed by atoms with Crippen LogP contribution in [0.5, 0.6) is 0 Å². The molecule has 0 unspecified atom stereocenters. The van der Waals surface area contributed by atoms with E-state index in [9.17, 15) is 0 Å². The molecule has 0 radical (unpaired) electrons. The molecule has 1 aromatic carbocycles. The highest BCUT2D eigenvalue weighted by Crippen LogP contribution is 2.15. The second kappa shape index (κ2) is 6.38. The topological polar surface area (TPSA) is 38.5 Å². The summed E-state index contributed by atoms with van der Waals surface area (Å²) in [4.78, 5) is 2.15. The van der Waals surface area contributed by atoms with Gasteiger partial charge in [0.2, 0.25) is 0 Å². The van der Waals surface area contributed by atoms with E-state index in [0.717, 1.165) is 31.1 Å². The minimum absolute atomic E-state index is 0.595. The van der Waals surface area contributed by atoms with Gasteiger partial charge in [-0.1, -0.05) is 19.9 Å². The normalized spacial score (nSPS) is 10.8. The molecule has 3 heteroatoms. The molecule has 1 rings (SSSR count). The van der Waals surface area contributed by atoms with Crippen LogP contribution in [0.2, 0.25) is 0 Å². The second-order valence-corrected chi connectivity index (χ2v) is 4.49. The first-order valence-electron chi connectivity index (χ1n) is 5.74. The predicted octanol–water partition coefficient (Wildman–Crippen LogP) is 2.38. The lowest BCUT2D eigenvalue weighted by molar-refractivity contribution is 0.116. The van der Waals surface area contributed by atoms with Crippen LogP contribution in [0.4, 0.5) is 11.4 Å². The van der Waals surface area contributed by atoms with Gasteiger partial charge in [0.15, 0.2) is 0 Å². The number of hydrogen-bond donors (Lipinski definition) is 1. The first-order chi connectivity index (χ1) is 7.59. The van der Waals surface area contributed by atoms with Crippen LogP contribution in [-0.2, 0) is 4.74 Å². The van der Waals surface area contributed by atoms with Gasteiger partial charge in [-0.05, 0) is 24.1 Å². The Balaban J connectivity index is 2.32. The summed E-state index contributed by atoms with van der Waals surface area (Å²) >= 11 is 0. The zero-order valence-electron chi connectivity index (χ0n) is 10.4. The summed E-state index contributed by atoms with van der Waals surface area (Å²) in [6, 6.07) is 7.89. The molecule has 1 aromatic rings. The largest absolute Gasteiger partial charge is 0.399 e. The Kier molecular flexibility index (Phi) is 5.12. The number of nitrogens with two attached hydrogens (primary N) is 1. The van der Waals surface area contributed by atoms with Gasteiger partial charge in [0.05, 0.1) is 6.61 Å². The molecule has 16 heavy (non-hydrogen) atoms. The van der Waals surface area contributed by atoms with Gasteiger partial charge in [0.25, 0.3) is 0 Å². The van der Waals surface area contributed by atoms with Gasteiger partial charge >= 0.3 is 0 Å². The maximum absolute atomic E-state index is 5.73. The van der Waals surface area contributed by atoms with Crippen LogP contribution in [0.1, 0.15) is 13.8 Å². The number of benzene rings is 1. The maximum Gasteiger partial charge on any atom is 0.0641 e. The first kappa shape index (κ1) is 12.8. The van der Waals surface area contributed by atoms with Crippen molar-refractivity contribution < 1.29 is 4.74 Å². The molecule has 3 nitrogen and oxygen atoms in total. The SMILES string of the molecule is CC(C)COCCN(C)c1cccc(N)c1. The van der Waals surface area contributed by atoms with Crippen molar-refractivity contribution in [2.45, 2.75) is 13.8 Å². The van der Waals surface area contributed by atoms with Crippen LogP contribution in [0.15, 0.2) is 24.3 Å². The summed E-state index contributed by atoms with van der Waals surface area (Å²) in [7, 11) is 2.05. The number of rotatable bonds is 6. The Morgan fingerprint density at radius 2 is 2.12 bits per heavy atom. The van der Waals surface area contributed by atoms with Crippen LogP contribution >= 0.6 is 0 Å². The third kappa shape index (κ3) is 4.53. The molecule has 0 aromatic heterocycles.